The van der Waals surface area contributed by atoms with Gasteiger partial charge in [-0.05, 0) is 0 Å². The van der Waals surface area contributed by atoms with Crippen LogP contribution in [-0.4, -0.2) is 13.2 Å². The molecule has 0 aromatic carbocycles. The molecule has 0 atom stereocenters. The summed E-state index contributed by atoms with van der Waals surface area (Å²) in [5, 5.41) is 0. The van der Waals surface area contributed by atoms with Crippen LogP contribution in [0.3, 0.4) is 0 Å². The molecule has 0 spiro atoms. The monoisotopic (exact) mass is 269 g/mol. The van der Waals surface area contributed by atoms with E-state index in [1.165, 1.54) is 9.45 Å². The van der Waals surface area contributed by atoms with Gasteiger partial charge in [0, 0.05) is 0 Å². The van der Waals surface area contributed by atoms with Gasteiger partial charge < -0.3 is 24.8 Å². The average Bonchev–Trinajstić information content (AvgIpc) is 2.46. The van der Waals surface area contributed by atoms with Crippen LogP contribution < -0.4 is 24.8 Å². The summed E-state index contributed by atoms with van der Waals surface area (Å²) in [4.78, 5) is 0. The third kappa shape index (κ3) is 6.26. The van der Waals surface area contributed by atoms with E-state index in [1.54, 1.807) is 0 Å². The van der Waals surface area contributed by atoms with Crippen molar-refractivity contribution in [2.24, 2.45) is 0 Å². The smallest absolute Gasteiger partial charge is 1.00 e. The summed E-state index contributed by atoms with van der Waals surface area (Å²) in [7, 11) is 0. The Bertz CT molecular complexity index is 202. The van der Waals surface area contributed by atoms with Crippen LogP contribution >= 0.6 is 0 Å². The number of ether oxygens (including phenoxy) is 1. The van der Waals surface area contributed by atoms with E-state index < -0.39 is 0 Å². The van der Waals surface area contributed by atoms with E-state index >= 15 is 0 Å². The molecule has 0 fully saturated rings. The Morgan fingerprint density at radius 3 is 2.57 bits per heavy atom. The summed E-state index contributed by atoms with van der Waals surface area (Å²) < 4.78 is 6.93. The van der Waals surface area contributed by atoms with Gasteiger partial charge in [0.2, 0.25) is 0 Å². The number of hydrogen-bond donors (Lipinski definition) is 0. The molecule has 4 heteroatoms. The second-order valence-corrected chi connectivity index (χ2v) is 3.92. The zero-order chi connectivity index (χ0) is 8.81. The Morgan fingerprint density at radius 1 is 1.36 bits per heavy atom. The first-order valence-corrected chi connectivity index (χ1v) is 5.30. The normalized spacial score (nSPS) is 13.9. The Balaban J connectivity index is 0. The van der Waals surface area contributed by atoms with E-state index in [0.717, 1.165) is 32.5 Å². The molecule has 1 nitrogen and oxygen atoms in total. The minimum atomic E-state index is 0. The van der Waals surface area contributed by atoms with Gasteiger partial charge in [0.25, 0.3) is 0 Å². The van der Waals surface area contributed by atoms with Gasteiger partial charge in [-0.3, -0.25) is 0 Å². The van der Waals surface area contributed by atoms with Gasteiger partial charge in [-0.2, -0.15) is 0 Å². The topological polar surface area (TPSA) is 9.23 Å². The van der Waals surface area contributed by atoms with Crippen molar-refractivity contribution in [3.05, 3.63) is 21.6 Å². The van der Waals surface area contributed by atoms with Gasteiger partial charge in [0.05, 0.1) is 0 Å². The SMILES string of the molecule is CCCOCCC1=[C]([Ti+2])CC=C1.[Cl-].[Cl-]. The second-order valence-electron chi connectivity index (χ2n) is 2.97. The maximum atomic E-state index is 5.43. The molecule has 0 aliphatic heterocycles. The van der Waals surface area contributed by atoms with E-state index in [0.29, 0.717) is 0 Å². The first-order chi connectivity index (χ1) is 5.84. The molecule has 0 heterocycles. The minimum Gasteiger partial charge on any atom is -1.00 e. The maximum absolute atomic E-state index is 5.43. The molecule has 0 saturated carbocycles. The maximum Gasteiger partial charge on any atom is -1.00 e. The number of halogens is 2. The van der Waals surface area contributed by atoms with Crippen molar-refractivity contribution in [3.63, 3.8) is 0 Å². The quantitative estimate of drug-likeness (QED) is 0.373. The molecule has 1 aliphatic carbocycles. The molecule has 0 radical (unpaired) electrons. The molecule has 1 rings (SSSR count). The summed E-state index contributed by atoms with van der Waals surface area (Å²) in [6.45, 7) is 3.92. The molecule has 0 N–H and O–H groups in total. The van der Waals surface area contributed by atoms with Crippen molar-refractivity contribution in [2.45, 2.75) is 26.2 Å². The molecule has 0 saturated heterocycles. The number of hydrogen-bond acceptors (Lipinski definition) is 1. The first kappa shape index (κ1) is 17.1. The zero-order valence-electron chi connectivity index (χ0n) is 8.35. The van der Waals surface area contributed by atoms with Crippen LogP contribution in [0.2, 0.25) is 0 Å². The third-order valence-corrected chi connectivity index (χ3v) is 2.71. The van der Waals surface area contributed by atoms with Gasteiger partial charge in [-0.15, -0.1) is 0 Å². The van der Waals surface area contributed by atoms with Crippen molar-refractivity contribution in [2.75, 3.05) is 13.2 Å². The Morgan fingerprint density at radius 2 is 2.07 bits per heavy atom. The standard InChI is InChI=1S/C10H15O.2ClH.Ti/c1-2-8-11-9-7-10-5-3-4-6-10;;;/h3,5H,2,4,7-9H2,1H3;2*1H;/q;;;+2/p-2. The van der Waals surface area contributed by atoms with Crippen molar-refractivity contribution in [1.29, 1.82) is 0 Å². The van der Waals surface area contributed by atoms with Gasteiger partial charge in [-0.1, -0.05) is 0 Å². The van der Waals surface area contributed by atoms with E-state index in [2.05, 4.69) is 39.5 Å². The number of allylic oxidation sites excluding steroid dienone is 3. The fourth-order valence-corrected chi connectivity index (χ4v) is 1.72. The van der Waals surface area contributed by atoms with Gasteiger partial charge in [0.1, 0.15) is 0 Å². The van der Waals surface area contributed by atoms with Crippen LogP contribution in [-0.2, 0) is 25.2 Å². The molecule has 0 aromatic heterocycles. The summed E-state index contributed by atoms with van der Waals surface area (Å²) in [6.07, 6.45) is 7.80. The van der Waals surface area contributed by atoms with E-state index in [4.69, 9.17) is 4.74 Å². The summed E-state index contributed by atoms with van der Waals surface area (Å²) >= 11 is 2.20. The average molecular weight is 270 g/mol. The first-order valence-electron chi connectivity index (χ1n) is 4.52. The van der Waals surface area contributed by atoms with Crippen molar-refractivity contribution < 1.29 is 50.0 Å². The molecule has 0 aromatic rings. The van der Waals surface area contributed by atoms with Crippen molar-refractivity contribution in [3.8, 4) is 0 Å². The third-order valence-electron chi connectivity index (χ3n) is 1.89. The van der Waals surface area contributed by atoms with Crippen LogP contribution in [0.5, 0.6) is 0 Å². The molecule has 79 valence electrons. The van der Waals surface area contributed by atoms with Crippen LogP contribution in [0.4, 0.5) is 0 Å². The van der Waals surface area contributed by atoms with Crippen molar-refractivity contribution in [1.82, 2.24) is 0 Å². The predicted octanol–water partition coefficient (Wildman–Crippen LogP) is -3.43. The van der Waals surface area contributed by atoms with E-state index in [9.17, 15) is 0 Å². The molecular weight excluding hydrogens is 255 g/mol. The van der Waals surface area contributed by atoms with E-state index in [-0.39, 0.29) is 24.8 Å². The molecule has 0 amide bonds. The predicted molar refractivity (Wildman–Crippen MR) is 46.5 cm³/mol. The summed E-state index contributed by atoms with van der Waals surface area (Å²) in [5.41, 5.74) is 1.48. The fraction of sp³-hybridized carbons (Fsp3) is 0.600. The van der Waals surface area contributed by atoms with Gasteiger partial charge in [-0.25, -0.2) is 0 Å². The van der Waals surface area contributed by atoms with E-state index in [1.807, 2.05) is 0 Å². The largest absolute Gasteiger partial charge is 1.00 e. The minimum absolute atomic E-state index is 0. The summed E-state index contributed by atoms with van der Waals surface area (Å²) in [5.74, 6) is 0. The molecule has 1 aliphatic rings. The van der Waals surface area contributed by atoms with Gasteiger partial charge >= 0.3 is 86.2 Å². The molecule has 0 unspecified atom stereocenters. The Hall–Kier alpha value is 0.734. The Kier molecular flexibility index (Phi) is 12.6. The summed E-state index contributed by atoms with van der Waals surface area (Å²) in [6, 6.07) is 0. The van der Waals surface area contributed by atoms with Crippen LogP contribution in [0.15, 0.2) is 21.6 Å². The second kappa shape index (κ2) is 10.3. The van der Waals surface area contributed by atoms with Crippen LogP contribution in [0, 0.1) is 0 Å². The Labute approximate surface area is 111 Å². The fourth-order valence-electron chi connectivity index (χ4n) is 1.21. The molecular formula is C10H15Cl2OTi. The zero-order valence-corrected chi connectivity index (χ0v) is 11.4. The molecule has 0 bridgehead atoms. The van der Waals surface area contributed by atoms with Crippen molar-refractivity contribution >= 4 is 0 Å². The van der Waals surface area contributed by atoms with Crippen LogP contribution in [0.1, 0.15) is 26.2 Å². The number of rotatable bonds is 5. The molecule has 14 heavy (non-hydrogen) atoms. The van der Waals surface area contributed by atoms with Gasteiger partial charge in [0.15, 0.2) is 0 Å². The van der Waals surface area contributed by atoms with Crippen LogP contribution in [0.25, 0.3) is 0 Å².